The van der Waals surface area contributed by atoms with Crippen LogP contribution in [0.25, 0.3) is 0 Å². The molecule has 0 amide bonds. The number of allylic oxidation sites excluding steroid dienone is 3. The summed E-state index contributed by atoms with van der Waals surface area (Å²) in [6.07, 6.45) is 8.55. The normalized spacial score (nSPS) is 20.6. The Morgan fingerprint density at radius 1 is 1.44 bits per heavy atom. The first-order chi connectivity index (χ1) is 8.65. The number of nitrogens with two attached hydrogens (primary N) is 2. The van der Waals surface area contributed by atoms with Crippen LogP contribution in [0.4, 0.5) is 0 Å². The molecule has 1 aliphatic carbocycles. The van der Waals surface area contributed by atoms with Crippen molar-refractivity contribution in [2.75, 3.05) is 6.54 Å². The van der Waals surface area contributed by atoms with E-state index in [1.165, 1.54) is 6.42 Å². The van der Waals surface area contributed by atoms with Gasteiger partial charge in [-0.3, -0.25) is 0 Å². The van der Waals surface area contributed by atoms with Crippen LogP contribution in [0.5, 0.6) is 0 Å². The van der Waals surface area contributed by atoms with Gasteiger partial charge in [-0.1, -0.05) is 32.8 Å². The Labute approximate surface area is 111 Å². The van der Waals surface area contributed by atoms with Gasteiger partial charge in [-0.25, -0.2) is 0 Å². The van der Waals surface area contributed by atoms with Gasteiger partial charge in [0.15, 0.2) is 0 Å². The van der Waals surface area contributed by atoms with Crippen molar-refractivity contribution in [3.05, 3.63) is 22.9 Å². The second kappa shape index (κ2) is 7.37. The Morgan fingerprint density at radius 3 is 2.67 bits per heavy atom. The van der Waals surface area contributed by atoms with Crippen molar-refractivity contribution < 1.29 is 0 Å². The highest BCUT2D eigenvalue weighted by Crippen LogP contribution is 2.32. The fourth-order valence-electron chi connectivity index (χ4n) is 2.52. The predicted octanol–water partition coefficient (Wildman–Crippen LogP) is 3.11. The van der Waals surface area contributed by atoms with Gasteiger partial charge >= 0.3 is 0 Å². The lowest BCUT2D eigenvalue weighted by Gasteiger charge is -2.11. The predicted molar refractivity (Wildman–Crippen MR) is 78.6 cm³/mol. The Morgan fingerprint density at radius 2 is 2.17 bits per heavy atom. The highest BCUT2D eigenvalue weighted by molar-refractivity contribution is 6.11. The molecule has 0 aliphatic heterocycles. The Bertz CT molecular complexity index is 353. The van der Waals surface area contributed by atoms with E-state index in [4.69, 9.17) is 16.9 Å². The molecule has 1 unspecified atom stereocenters. The van der Waals surface area contributed by atoms with Gasteiger partial charge in [-0.2, -0.15) is 0 Å². The first-order valence-electron chi connectivity index (χ1n) is 7.12. The molecule has 0 aromatic carbocycles. The van der Waals surface area contributed by atoms with E-state index in [-0.39, 0.29) is 0 Å². The van der Waals surface area contributed by atoms with E-state index in [0.29, 0.717) is 18.2 Å². The van der Waals surface area contributed by atoms with Crippen LogP contribution < -0.4 is 11.5 Å². The van der Waals surface area contributed by atoms with Crippen LogP contribution >= 0.6 is 0 Å². The summed E-state index contributed by atoms with van der Waals surface area (Å²) in [5, 5.41) is 8.29. The van der Waals surface area contributed by atoms with Crippen molar-refractivity contribution in [2.24, 2.45) is 17.4 Å². The van der Waals surface area contributed by atoms with Crippen molar-refractivity contribution in [1.82, 2.24) is 0 Å². The lowest BCUT2D eigenvalue weighted by Crippen LogP contribution is -2.17. The number of rotatable bonds is 7. The van der Waals surface area contributed by atoms with Gasteiger partial charge in [0.05, 0.1) is 5.71 Å². The third-order valence-electron chi connectivity index (χ3n) is 3.82. The molecule has 0 saturated heterocycles. The third-order valence-corrected chi connectivity index (χ3v) is 3.82. The fourth-order valence-corrected chi connectivity index (χ4v) is 2.52. The van der Waals surface area contributed by atoms with E-state index in [0.717, 1.165) is 48.9 Å². The van der Waals surface area contributed by atoms with Gasteiger partial charge in [-0.05, 0) is 42.7 Å². The standard InChI is InChI=1S/C15H27N3/c1-3-5-6-7-12(10-16)15(18)13-9-8-11(4-2)14(13)17/h7,11,18H,3-6,8-10,16-17H2,1-2H3/b12-7+,18-15?. The molecular formula is C15H27N3. The third kappa shape index (κ3) is 3.45. The van der Waals surface area contributed by atoms with Crippen molar-refractivity contribution in [1.29, 1.82) is 5.41 Å². The molecule has 0 heterocycles. The van der Waals surface area contributed by atoms with Gasteiger partial charge in [0.2, 0.25) is 0 Å². The maximum absolute atomic E-state index is 8.29. The van der Waals surface area contributed by atoms with Crippen molar-refractivity contribution in [2.45, 2.75) is 52.4 Å². The Balaban J connectivity index is 2.79. The van der Waals surface area contributed by atoms with Gasteiger partial charge < -0.3 is 16.9 Å². The van der Waals surface area contributed by atoms with Gasteiger partial charge in [-0.15, -0.1) is 0 Å². The zero-order chi connectivity index (χ0) is 13.5. The summed E-state index contributed by atoms with van der Waals surface area (Å²) in [7, 11) is 0. The van der Waals surface area contributed by atoms with Crippen LogP contribution in [-0.2, 0) is 0 Å². The van der Waals surface area contributed by atoms with Crippen LogP contribution in [0.3, 0.4) is 0 Å². The van der Waals surface area contributed by atoms with Crippen LogP contribution in [0.1, 0.15) is 52.4 Å². The molecule has 0 spiro atoms. The monoisotopic (exact) mass is 249 g/mol. The van der Waals surface area contributed by atoms with Crippen molar-refractivity contribution in [3.8, 4) is 0 Å². The van der Waals surface area contributed by atoms with Gasteiger partial charge in [0.1, 0.15) is 0 Å². The number of hydrogen-bond donors (Lipinski definition) is 3. The molecule has 18 heavy (non-hydrogen) atoms. The summed E-state index contributed by atoms with van der Waals surface area (Å²) in [4.78, 5) is 0. The van der Waals surface area contributed by atoms with Crippen LogP contribution in [-0.4, -0.2) is 12.3 Å². The Hall–Kier alpha value is -1.09. The molecule has 1 rings (SSSR count). The zero-order valence-electron chi connectivity index (χ0n) is 11.8. The molecule has 3 nitrogen and oxygen atoms in total. The molecule has 0 aromatic rings. The smallest absolute Gasteiger partial charge is 0.0630 e. The average molecular weight is 249 g/mol. The van der Waals surface area contributed by atoms with E-state index in [1.807, 2.05) is 0 Å². The second-order valence-electron chi connectivity index (χ2n) is 5.03. The molecule has 0 bridgehead atoms. The summed E-state index contributed by atoms with van der Waals surface area (Å²) in [5.74, 6) is 0.468. The summed E-state index contributed by atoms with van der Waals surface area (Å²) >= 11 is 0. The van der Waals surface area contributed by atoms with Crippen LogP contribution in [0, 0.1) is 11.3 Å². The summed E-state index contributed by atoms with van der Waals surface area (Å²) < 4.78 is 0. The van der Waals surface area contributed by atoms with E-state index in [9.17, 15) is 0 Å². The summed E-state index contributed by atoms with van der Waals surface area (Å²) in [6, 6.07) is 0. The summed E-state index contributed by atoms with van der Waals surface area (Å²) in [5.41, 5.74) is 15.4. The van der Waals surface area contributed by atoms with Gasteiger partial charge in [0.25, 0.3) is 0 Å². The average Bonchev–Trinajstić information content (AvgIpc) is 2.75. The SMILES string of the molecule is CCCC/C=C(\CN)C(=N)C1=C(N)C(CC)CC1. The lowest BCUT2D eigenvalue weighted by molar-refractivity contribution is 0.580. The first kappa shape index (κ1) is 15.0. The maximum Gasteiger partial charge on any atom is 0.0630 e. The van der Waals surface area contributed by atoms with Crippen LogP contribution in [0.15, 0.2) is 22.9 Å². The largest absolute Gasteiger partial charge is 0.402 e. The first-order valence-corrected chi connectivity index (χ1v) is 7.12. The molecule has 0 saturated carbocycles. The Kier molecular flexibility index (Phi) is 6.13. The second-order valence-corrected chi connectivity index (χ2v) is 5.03. The molecule has 1 atom stereocenters. The lowest BCUT2D eigenvalue weighted by atomic mass is 9.99. The number of hydrogen-bond acceptors (Lipinski definition) is 3. The van der Waals surface area contributed by atoms with Gasteiger partial charge in [0, 0.05) is 12.2 Å². The van der Waals surface area contributed by atoms with Crippen molar-refractivity contribution in [3.63, 3.8) is 0 Å². The van der Waals surface area contributed by atoms with E-state index in [1.54, 1.807) is 0 Å². The fraction of sp³-hybridized carbons (Fsp3) is 0.667. The maximum atomic E-state index is 8.29. The minimum Gasteiger partial charge on any atom is -0.402 e. The van der Waals surface area contributed by atoms with E-state index >= 15 is 0 Å². The minimum atomic E-state index is 0.441. The molecule has 102 valence electrons. The number of nitrogens with one attached hydrogen (secondary N) is 1. The quantitative estimate of drug-likeness (QED) is 0.479. The van der Waals surface area contributed by atoms with E-state index in [2.05, 4.69) is 19.9 Å². The van der Waals surface area contributed by atoms with Crippen LogP contribution in [0.2, 0.25) is 0 Å². The molecule has 3 heteroatoms. The highest BCUT2D eigenvalue weighted by atomic mass is 14.7. The van der Waals surface area contributed by atoms with Crippen molar-refractivity contribution >= 4 is 5.71 Å². The topological polar surface area (TPSA) is 75.9 Å². The molecule has 1 aliphatic rings. The van der Waals surface area contributed by atoms with E-state index < -0.39 is 0 Å². The summed E-state index contributed by atoms with van der Waals surface area (Å²) in [6.45, 7) is 4.77. The number of unbranched alkanes of at least 4 members (excludes halogenated alkanes) is 2. The molecule has 0 aromatic heterocycles. The molecule has 5 N–H and O–H groups in total. The minimum absolute atomic E-state index is 0.441. The molecule has 0 fully saturated rings. The molecule has 0 radical (unpaired) electrons. The molecular weight excluding hydrogens is 222 g/mol. The highest BCUT2D eigenvalue weighted by Gasteiger charge is 2.25. The zero-order valence-corrected chi connectivity index (χ0v) is 11.8.